The molecule has 0 bridgehead atoms. The van der Waals surface area contributed by atoms with Gasteiger partial charge >= 0.3 is 0 Å². The fourth-order valence-electron chi connectivity index (χ4n) is 2.32. The summed E-state index contributed by atoms with van der Waals surface area (Å²) in [5.41, 5.74) is 3.28. The zero-order valence-electron chi connectivity index (χ0n) is 14.1. The standard InChI is InChI=1S/C20H25NO2/c1-15(2)17-9-11-19(12-10-17)23-13-5-8-20(22)21-18-7-4-6-16(3)14-18/h4,6-7,9-12,14-15H,5,8,13H2,1-3H3,(H,21,22). The van der Waals surface area contributed by atoms with E-state index in [0.29, 0.717) is 25.4 Å². The summed E-state index contributed by atoms with van der Waals surface area (Å²) in [5, 5.41) is 2.91. The van der Waals surface area contributed by atoms with E-state index in [1.807, 2.05) is 43.3 Å². The maximum absolute atomic E-state index is 11.9. The third kappa shape index (κ3) is 5.78. The molecule has 0 radical (unpaired) electrons. The number of hydrogen-bond acceptors (Lipinski definition) is 2. The lowest BCUT2D eigenvalue weighted by Gasteiger charge is -2.09. The first-order chi connectivity index (χ1) is 11.0. The Hall–Kier alpha value is -2.29. The van der Waals surface area contributed by atoms with Crippen LogP contribution in [-0.2, 0) is 4.79 Å². The number of ether oxygens (including phenoxy) is 1. The van der Waals surface area contributed by atoms with E-state index in [-0.39, 0.29) is 5.91 Å². The molecule has 23 heavy (non-hydrogen) atoms. The van der Waals surface area contributed by atoms with Crippen molar-refractivity contribution in [3.05, 3.63) is 59.7 Å². The Labute approximate surface area is 138 Å². The zero-order chi connectivity index (χ0) is 16.7. The summed E-state index contributed by atoms with van der Waals surface area (Å²) in [7, 11) is 0. The number of benzene rings is 2. The van der Waals surface area contributed by atoms with Crippen molar-refractivity contribution in [2.45, 2.75) is 39.5 Å². The van der Waals surface area contributed by atoms with Crippen LogP contribution < -0.4 is 10.1 Å². The van der Waals surface area contributed by atoms with Crippen molar-refractivity contribution in [1.29, 1.82) is 0 Å². The molecule has 0 saturated carbocycles. The van der Waals surface area contributed by atoms with Crippen LogP contribution in [-0.4, -0.2) is 12.5 Å². The molecule has 0 aliphatic carbocycles. The molecule has 0 aliphatic heterocycles. The first-order valence-corrected chi connectivity index (χ1v) is 8.14. The van der Waals surface area contributed by atoms with Gasteiger partial charge in [-0.3, -0.25) is 4.79 Å². The van der Waals surface area contributed by atoms with Crippen LogP contribution in [0.5, 0.6) is 5.75 Å². The minimum atomic E-state index is 0.0226. The Kier molecular flexibility index (Phi) is 6.21. The van der Waals surface area contributed by atoms with Crippen molar-refractivity contribution >= 4 is 11.6 Å². The van der Waals surface area contributed by atoms with Gasteiger partial charge in [0, 0.05) is 12.1 Å². The van der Waals surface area contributed by atoms with Gasteiger partial charge in [-0.05, 0) is 54.7 Å². The quantitative estimate of drug-likeness (QED) is 0.737. The Bertz CT molecular complexity index is 632. The number of anilines is 1. The van der Waals surface area contributed by atoms with Crippen molar-refractivity contribution < 1.29 is 9.53 Å². The minimum absolute atomic E-state index is 0.0226. The van der Waals surface area contributed by atoms with Crippen molar-refractivity contribution in [2.24, 2.45) is 0 Å². The lowest BCUT2D eigenvalue weighted by Crippen LogP contribution is -2.12. The fraction of sp³-hybridized carbons (Fsp3) is 0.350. The highest BCUT2D eigenvalue weighted by Gasteiger charge is 2.03. The van der Waals surface area contributed by atoms with E-state index >= 15 is 0 Å². The molecule has 3 nitrogen and oxygen atoms in total. The van der Waals surface area contributed by atoms with E-state index in [0.717, 1.165) is 17.0 Å². The van der Waals surface area contributed by atoms with Crippen molar-refractivity contribution in [2.75, 3.05) is 11.9 Å². The zero-order valence-corrected chi connectivity index (χ0v) is 14.1. The number of hydrogen-bond donors (Lipinski definition) is 1. The van der Waals surface area contributed by atoms with Crippen LogP contribution in [0.3, 0.4) is 0 Å². The third-order valence-electron chi connectivity index (χ3n) is 3.67. The van der Waals surface area contributed by atoms with Crippen LogP contribution in [0.2, 0.25) is 0 Å². The van der Waals surface area contributed by atoms with E-state index in [1.54, 1.807) is 0 Å². The molecule has 0 unspecified atom stereocenters. The summed E-state index contributed by atoms with van der Waals surface area (Å²) in [5.74, 6) is 1.40. The van der Waals surface area contributed by atoms with Crippen LogP contribution >= 0.6 is 0 Å². The van der Waals surface area contributed by atoms with Crippen LogP contribution in [0.15, 0.2) is 48.5 Å². The molecule has 2 aromatic carbocycles. The lowest BCUT2D eigenvalue weighted by molar-refractivity contribution is -0.116. The molecule has 2 rings (SSSR count). The summed E-state index contributed by atoms with van der Waals surface area (Å²) < 4.78 is 5.68. The molecule has 0 aromatic heterocycles. The van der Waals surface area contributed by atoms with Gasteiger partial charge in [0.25, 0.3) is 0 Å². The molecular weight excluding hydrogens is 286 g/mol. The molecule has 122 valence electrons. The van der Waals surface area contributed by atoms with Gasteiger partial charge in [0.05, 0.1) is 6.61 Å². The molecule has 0 fully saturated rings. The number of carbonyl (C=O) groups is 1. The molecule has 3 heteroatoms. The van der Waals surface area contributed by atoms with Crippen LogP contribution in [0.25, 0.3) is 0 Å². The Morgan fingerprint density at radius 2 is 1.87 bits per heavy atom. The lowest BCUT2D eigenvalue weighted by atomic mass is 10.0. The van der Waals surface area contributed by atoms with Gasteiger partial charge in [0.1, 0.15) is 5.75 Å². The molecule has 0 spiro atoms. The predicted octanol–water partition coefficient (Wildman–Crippen LogP) is 4.92. The average molecular weight is 311 g/mol. The van der Waals surface area contributed by atoms with E-state index in [1.165, 1.54) is 5.56 Å². The summed E-state index contributed by atoms with van der Waals surface area (Å²) >= 11 is 0. The summed E-state index contributed by atoms with van der Waals surface area (Å²) in [6, 6.07) is 16.0. The highest BCUT2D eigenvalue weighted by molar-refractivity contribution is 5.90. The molecule has 1 N–H and O–H groups in total. The molecular formula is C20H25NO2. The Morgan fingerprint density at radius 1 is 1.13 bits per heavy atom. The Morgan fingerprint density at radius 3 is 2.52 bits per heavy atom. The van der Waals surface area contributed by atoms with Gasteiger partial charge in [0.2, 0.25) is 5.91 Å². The average Bonchev–Trinajstić information content (AvgIpc) is 2.52. The second-order valence-electron chi connectivity index (χ2n) is 6.09. The first kappa shape index (κ1) is 17.1. The number of nitrogens with one attached hydrogen (secondary N) is 1. The van der Waals surface area contributed by atoms with Crippen LogP contribution in [0.1, 0.15) is 43.7 Å². The number of aryl methyl sites for hydroxylation is 1. The maximum Gasteiger partial charge on any atom is 0.224 e. The molecule has 2 aromatic rings. The van der Waals surface area contributed by atoms with Gasteiger partial charge in [0.15, 0.2) is 0 Å². The van der Waals surface area contributed by atoms with Crippen LogP contribution in [0, 0.1) is 6.92 Å². The SMILES string of the molecule is Cc1cccc(NC(=O)CCCOc2ccc(C(C)C)cc2)c1. The summed E-state index contributed by atoms with van der Waals surface area (Å²) in [6.45, 7) is 6.89. The van der Waals surface area contributed by atoms with Gasteiger partial charge in [-0.2, -0.15) is 0 Å². The first-order valence-electron chi connectivity index (χ1n) is 8.14. The topological polar surface area (TPSA) is 38.3 Å². The predicted molar refractivity (Wildman–Crippen MR) is 95.1 cm³/mol. The molecule has 0 atom stereocenters. The van der Waals surface area contributed by atoms with Crippen molar-refractivity contribution in [3.8, 4) is 5.75 Å². The normalized spacial score (nSPS) is 10.6. The monoisotopic (exact) mass is 311 g/mol. The smallest absolute Gasteiger partial charge is 0.224 e. The highest BCUT2D eigenvalue weighted by Crippen LogP contribution is 2.18. The second-order valence-corrected chi connectivity index (χ2v) is 6.09. The van der Waals surface area contributed by atoms with Gasteiger partial charge < -0.3 is 10.1 Å². The van der Waals surface area contributed by atoms with Gasteiger partial charge in [-0.15, -0.1) is 0 Å². The number of rotatable bonds is 7. The largest absolute Gasteiger partial charge is 0.494 e. The van der Waals surface area contributed by atoms with E-state index in [2.05, 4.69) is 31.3 Å². The third-order valence-corrected chi connectivity index (χ3v) is 3.67. The summed E-state index contributed by atoms with van der Waals surface area (Å²) in [4.78, 5) is 11.9. The maximum atomic E-state index is 11.9. The molecule has 1 amide bonds. The van der Waals surface area contributed by atoms with E-state index in [4.69, 9.17) is 4.74 Å². The van der Waals surface area contributed by atoms with Gasteiger partial charge in [-0.1, -0.05) is 38.1 Å². The molecule has 0 saturated heterocycles. The van der Waals surface area contributed by atoms with Crippen LogP contribution in [0.4, 0.5) is 5.69 Å². The number of amides is 1. The summed E-state index contributed by atoms with van der Waals surface area (Å²) in [6.07, 6.45) is 1.15. The van der Waals surface area contributed by atoms with Gasteiger partial charge in [-0.25, -0.2) is 0 Å². The second kappa shape index (κ2) is 8.37. The molecule has 0 heterocycles. The Balaban J connectivity index is 1.69. The fourth-order valence-corrected chi connectivity index (χ4v) is 2.32. The van der Waals surface area contributed by atoms with E-state index < -0.39 is 0 Å². The van der Waals surface area contributed by atoms with Crippen molar-refractivity contribution in [3.63, 3.8) is 0 Å². The van der Waals surface area contributed by atoms with Crippen molar-refractivity contribution in [1.82, 2.24) is 0 Å². The molecule has 0 aliphatic rings. The number of carbonyl (C=O) groups excluding carboxylic acids is 1. The minimum Gasteiger partial charge on any atom is -0.494 e. The highest BCUT2D eigenvalue weighted by atomic mass is 16.5. The van der Waals surface area contributed by atoms with E-state index in [9.17, 15) is 4.79 Å².